The fourth-order valence-electron chi connectivity index (χ4n) is 2.16. The maximum Gasteiger partial charge on any atom is 0.340 e. The first-order chi connectivity index (χ1) is 12.4. The summed E-state index contributed by atoms with van der Waals surface area (Å²) in [5.74, 6) is -5.23. The summed E-state index contributed by atoms with van der Waals surface area (Å²) in [5, 5.41) is 5.08. The van der Waals surface area contributed by atoms with Crippen molar-refractivity contribution < 1.29 is 27.5 Å². The zero-order chi connectivity index (χ0) is 19.1. The number of carbonyl (C=O) groups excluding carboxylic acids is 2. The lowest BCUT2D eigenvalue weighted by Gasteiger charge is -2.11. The summed E-state index contributed by atoms with van der Waals surface area (Å²) in [7, 11) is 0. The van der Waals surface area contributed by atoms with Gasteiger partial charge in [-0.05, 0) is 31.2 Å². The lowest BCUT2D eigenvalue weighted by Crippen LogP contribution is -2.19. The monoisotopic (exact) mass is 366 g/mol. The highest BCUT2D eigenvalue weighted by Crippen LogP contribution is 2.20. The lowest BCUT2D eigenvalue weighted by atomic mass is 10.1. The largest absolute Gasteiger partial charge is 0.462 e. The minimum absolute atomic E-state index is 0.0185. The quantitative estimate of drug-likeness (QED) is 0.579. The molecule has 0 unspecified atom stereocenters. The van der Waals surface area contributed by atoms with Gasteiger partial charge in [0.05, 0.1) is 23.5 Å². The third-order valence-corrected chi connectivity index (χ3v) is 3.40. The Morgan fingerprint density at radius 1 is 1.00 bits per heavy atom. The molecule has 1 amide bonds. The number of amides is 1. The second-order valence-electron chi connectivity index (χ2n) is 5.21. The minimum Gasteiger partial charge on any atom is -0.462 e. The van der Waals surface area contributed by atoms with Gasteiger partial charge in [0.15, 0.2) is 17.5 Å². The Kier molecular flexibility index (Phi) is 6.60. The van der Waals surface area contributed by atoms with E-state index in [1.165, 1.54) is 6.07 Å². The van der Waals surface area contributed by atoms with Gasteiger partial charge in [-0.15, -0.1) is 0 Å². The van der Waals surface area contributed by atoms with Crippen molar-refractivity contribution in [2.24, 2.45) is 0 Å². The standard InChI is InChI=1S/C18H17F3N2O3/c1-2-26-18(25)11-5-3-4-6-13(11)23-15(24)9-10-22-14-8-7-12(19)16(20)17(14)21/h3-8,22H,2,9-10H2,1H3,(H,23,24). The molecule has 5 nitrogen and oxygen atoms in total. The van der Waals surface area contributed by atoms with Crippen molar-refractivity contribution in [3.63, 3.8) is 0 Å². The average molecular weight is 366 g/mol. The molecule has 2 N–H and O–H groups in total. The topological polar surface area (TPSA) is 67.4 Å². The number of halogens is 3. The summed E-state index contributed by atoms with van der Waals surface area (Å²) in [5.41, 5.74) is 0.251. The van der Waals surface area contributed by atoms with Crippen LogP contribution in [0.5, 0.6) is 0 Å². The van der Waals surface area contributed by atoms with Crippen LogP contribution in [0.3, 0.4) is 0 Å². The van der Waals surface area contributed by atoms with Gasteiger partial charge in [-0.2, -0.15) is 0 Å². The third kappa shape index (κ3) is 4.75. The van der Waals surface area contributed by atoms with Crippen molar-refractivity contribution in [3.05, 3.63) is 59.4 Å². The van der Waals surface area contributed by atoms with E-state index in [-0.39, 0.29) is 36.5 Å². The smallest absolute Gasteiger partial charge is 0.340 e. The molecule has 2 aromatic carbocycles. The van der Waals surface area contributed by atoms with Crippen molar-refractivity contribution in [1.82, 2.24) is 0 Å². The van der Waals surface area contributed by atoms with Crippen LogP contribution in [-0.4, -0.2) is 25.0 Å². The molecule has 0 aromatic heterocycles. The normalized spacial score (nSPS) is 10.3. The van der Waals surface area contributed by atoms with Crippen molar-refractivity contribution in [1.29, 1.82) is 0 Å². The number of para-hydroxylation sites is 1. The molecule has 138 valence electrons. The van der Waals surface area contributed by atoms with E-state index < -0.39 is 29.3 Å². The highest BCUT2D eigenvalue weighted by Gasteiger charge is 2.15. The lowest BCUT2D eigenvalue weighted by molar-refractivity contribution is -0.115. The van der Waals surface area contributed by atoms with Crippen LogP contribution in [0.2, 0.25) is 0 Å². The zero-order valence-corrected chi connectivity index (χ0v) is 13.9. The van der Waals surface area contributed by atoms with Gasteiger partial charge in [0.25, 0.3) is 0 Å². The molecule has 0 aliphatic carbocycles. The molecule has 0 bridgehead atoms. The molecule has 0 heterocycles. The number of rotatable bonds is 7. The highest BCUT2D eigenvalue weighted by atomic mass is 19.2. The minimum atomic E-state index is -1.58. The Hall–Kier alpha value is -3.03. The van der Waals surface area contributed by atoms with Crippen LogP contribution >= 0.6 is 0 Å². The molecule has 0 fully saturated rings. The van der Waals surface area contributed by atoms with E-state index in [1.807, 2.05) is 0 Å². The number of benzene rings is 2. The first kappa shape index (κ1) is 19.3. The van der Waals surface area contributed by atoms with Gasteiger partial charge in [-0.1, -0.05) is 12.1 Å². The number of esters is 1. The van der Waals surface area contributed by atoms with Crippen LogP contribution in [0.4, 0.5) is 24.5 Å². The number of hydrogen-bond acceptors (Lipinski definition) is 4. The van der Waals surface area contributed by atoms with Gasteiger partial charge in [-0.3, -0.25) is 4.79 Å². The average Bonchev–Trinajstić information content (AvgIpc) is 2.62. The van der Waals surface area contributed by atoms with Crippen molar-refractivity contribution >= 4 is 23.3 Å². The number of anilines is 2. The third-order valence-electron chi connectivity index (χ3n) is 3.40. The number of hydrogen-bond donors (Lipinski definition) is 2. The SMILES string of the molecule is CCOC(=O)c1ccccc1NC(=O)CCNc1ccc(F)c(F)c1F. The van der Waals surface area contributed by atoms with Crippen molar-refractivity contribution in [3.8, 4) is 0 Å². The van der Waals surface area contributed by atoms with Crippen LogP contribution < -0.4 is 10.6 Å². The van der Waals surface area contributed by atoms with Crippen LogP contribution in [-0.2, 0) is 9.53 Å². The molecule has 0 atom stereocenters. The molecule has 0 radical (unpaired) electrons. The van der Waals surface area contributed by atoms with E-state index in [1.54, 1.807) is 25.1 Å². The molecule has 0 aliphatic rings. The summed E-state index contributed by atoms with van der Waals surface area (Å²) in [6, 6.07) is 8.18. The highest BCUT2D eigenvalue weighted by molar-refractivity contribution is 6.01. The van der Waals surface area contributed by atoms with Gasteiger partial charge >= 0.3 is 5.97 Å². The fourth-order valence-corrected chi connectivity index (χ4v) is 2.16. The number of carbonyl (C=O) groups is 2. The Morgan fingerprint density at radius 2 is 1.73 bits per heavy atom. The van der Waals surface area contributed by atoms with Gasteiger partial charge in [0.2, 0.25) is 5.91 Å². The van der Waals surface area contributed by atoms with Gasteiger partial charge in [0.1, 0.15) is 0 Å². The zero-order valence-electron chi connectivity index (χ0n) is 13.9. The second kappa shape index (κ2) is 8.89. The van der Waals surface area contributed by atoms with E-state index >= 15 is 0 Å². The molecule has 0 saturated heterocycles. The van der Waals surface area contributed by atoms with Crippen molar-refractivity contribution in [2.75, 3.05) is 23.8 Å². The van der Waals surface area contributed by atoms with E-state index in [2.05, 4.69) is 10.6 Å². The number of ether oxygens (including phenoxy) is 1. The maximum atomic E-state index is 13.5. The summed E-state index contributed by atoms with van der Waals surface area (Å²) in [6.45, 7) is 1.85. The summed E-state index contributed by atoms with van der Waals surface area (Å²) in [4.78, 5) is 23.9. The van der Waals surface area contributed by atoms with Gasteiger partial charge in [-0.25, -0.2) is 18.0 Å². The summed E-state index contributed by atoms with van der Waals surface area (Å²) >= 11 is 0. The Bertz CT molecular complexity index is 812. The molecular weight excluding hydrogens is 349 g/mol. The number of nitrogens with one attached hydrogen (secondary N) is 2. The maximum absolute atomic E-state index is 13.5. The first-order valence-electron chi connectivity index (χ1n) is 7.87. The second-order valence-corrected chi connectivity index (χ2v) is 5.21. The first-order valence-corrected chi connectivity index (χ1v) is 7.87. The van der Waals surface area contributed by atoms with Crippen LogP contribution in [0.25, 0.3) is 0 Å². The molecule has 2 aromatic rings. The molecule has 0 saturated carbocycles. The molecule has 8 heteroatoms. The molecule has 0 aliphatic heterocycles. The van der Waals surface area contributed by atoms with E-state index in [9.17, 15) is 22.8 Å². The van der Waals surface area contributed by atoms with Gasteiger partial charge in [0, 0.05) is 13.0 Å². The van der Waals surface area contributed by atoms with Crippen molar-refractivity contribution in [2.45, 2.75) is 13.3 Å². The molecular formula is C18H17F3N2O3. The predicted molar refractivity (Wildman–Crippen MR) is 90.5 cm³/mol. The van der Waals surface area contributed by atoms with E-state index in [4.69, 9.17) is 4.74 Å². The Morgan fingerprint density at radius 3 is 2.46 bits per heavy atom. The Labute approximate surface area is 148 Å². The van der Waals surface area contributed by atoms with Crippen LogP contribution in [0.15, 0.2) is 36.4 Å². The summed E-state index contributed by atoms with van der Waals surface area (Å²) < 4.78 is 44.4. The van der Waals surface area contributed by atoms with Crippen LogP contribution in [0, 0.1) is 17.5 Å². The Balaban J connectivity index is 1.94. The van der Waals surface area contributed by atoms with Crippen LogP contribution in [0.1, 0.15) is 23.7 Å². The van der Waals surface area contributed by atoms with E-state index in [0.717, 1.165) is 12.1 Å². The molecule has 26 heavy (non-hydrogen) atoms. The molecule has 2 rings (SSSR count). The molecule has 0 spiro atoms. The van der Waals surface area contributed by atoms with E-state index in [0.29, 0.717) is 0 Å². The predicted octanol–water partition coefficient (Wildman–Crippen LogP) is 3.72. The van der Waals surface area contributed by atoms with Gasteiger partial charge < -0.3 is 15.4 Å². The summed E-state index contributed by atoms with van der Waals surface area (Å²) in [6.07, 6.45) is -0.0877. The fraction of sp³-hybridized carbons (Fsp3) is 0.222.